The molecule has 0 aliphatic rings. The predicted octanol–water partition coefficient (Wildman–Crippen LogP) is 2.69. The summed E-state index contributed by atoms with van der Waals surface area (Å²) in [6, 6.07) is 11.6. The molecule has 0 fully saturated rings. The van der Waals surface area contributed by atoms with E-state index in [1.54, 1.807) is 13.2 Å². The SMILES string of the molecule is COc1ccc(C)cc1NC(=O)CNC(=O)CN(C)CCOc1cc(C)cc(C)c1. The van der Waals surface area contributed by atoms with Gasteiger partial charge in [-0.05, 0) is 68.8 Å². The fourth-order valence-corrected chi connectivity index (χ4v) is 3.01. The zero-order valence-electron chi connectivity index (χ0n) is 18.4. The summed E-state index contributed by atoms with van der Waals surface area (Å²) in [6.45, 7) is 7.12. The molecule has 7 heteroatoms. The number of amides is 2. The smallest absolute Gasteiger partial charge is 0.243 e. The lowest BCUT2D eigenvalue weighted by Crippen LogP contribution is -2.40. The van der Waals surface area contributed by atoms with Gasteiger partial charge in [-0.25, -0.2) is 0 Å². The second-order valence-electron chi connectivity index (χ2n) is 7.44. The zero-order valence-corrected chi connectivity index (χ0v) is 18.4. The predicted molar refractivity (Wildman–Crippen MR) is 118 cm³/mol. The van der Waals surface area contributed by atoms with Crippen LogP contribution in [0.5, 0.6) is 11.5 Å². The van der Waals surface area contributed by atoms with E-state index in [-0.39, 0.29) is 24.9 Å². The second kappa shape index (κ2) is 11.2. The molecule has 0 spiro atoms. The Kier molecular flexibility index (Phi) is 8.68. The third-order valence-corrected chi connectivity index (χ3v) is 4.43. The number of carbonyl (C=O) groups excluding carboxylic acids is 2. The van der Waals surface area contributed by atoms with Crippen LogP contribution < -0.4 is 20.1 Å². The van der Waals surface area contributed by atoms with E-state index < -0.39 is 0 Å². The Morgan fingerprint density at radius 2 is 1.67 bits per heavy atom. The number of aryl methyl sites for hydroxylation is 3. The van der Waals surface area contributed by atoms with Gasteiger partial charge in [-0.2, -0.15) is 0 Å². The minimum atomic E-state index is -0.312. The lowest BCUT2D eigenvalue weighted by molar-refractivity contribution is -0.124. The summed E-state index contributed by atoms with van der Waals surface area (Å²) >= 11 is 0. The molecule has 30 heavy (non-hydrogen) atoms. The molecule has 0 unspecified atom stereocenters. The first kappa shape index (κ1) is 23.2. The largest absolute Gasteiger partial charge is 0.495 e. The summed E-state index contributed by atoms with van der Waals surface area (Å²) < 4.78 is 11.0. The quantitative estimate of drug-likeness (QED) is 0.626. The first-order chi connectivity index (χ1) is 14.3. The average molecular weight is 414 g/mol. The van der Waals surface area contributed by atoms with Gasteiger partial charge in [0.15, 0.2) is 0 Å². The van der Waals surface area contributed by atoms with Crippen LogP contribution in [0.15, 0.2) is 36.4 Å². The lowest BCUT2D eigenvalue weighted by atomic mass is 10.1. The van der Waals surface area contributed by atoms with Crippen molar-refractivity contribution in [2.75, 3.05) is 45.7 Å². The monoisotopic (exact) mass is 413 g/mol. The molecule has 0 heterocycles. The highest BCUT2D eigenvalue weighted by Crippen LogP contribution is 2.24. The minimum Gasteiger partial charge on any atom is -0.495 e. The Labute approximate surface area is 178 Å². The lowest BCUT2D eigenvalue weighted by Gasteiger charge is -2.17. The highest BCUT2D eigenvalue weighted by Gasteiger charge is 2.11. The molecule has 2 N–H and O–H groups in total. The van der Waals surface area contributed by atoms with Gasteiger partial charge in [0.25, 0.3) is 0 Å². The van der Waals surface area contributed by atoms with Crippen LogP contribution >= 0.6 is 0 Å². The van der Waals surface area contributed by atoms with Crippen molar-refractivity contribution in [1.82, 2.24) is 10.2 Å². The topological polar surface area (TPSA) is 79.9 Å². The van der Waals surface area contributed by atoms with E-state index in [9.17, 15) is 9.59 Å². The Morgan fingerprint density at radius 3 is 2.33 bits per heavy atom. The van der Waals surface area contributed by atoms with Crippen LogP contribution in [0.2, 0.25) is 0 Å². The third kappa shape index (κ3) is 7.75. The van der Waals surface area contributed by atoms with Gasteiger partial charge in [-0.1, -0.05) is 12.1 Å². The number of likely N-dealkylation sites (N-methyl/N-ethyl adjacent to an activating group) is 1. The van der Waals surface area contributed by atoms with E-state index in [1.807, 2.05) is 57.0 Å². The highest BCUT2D eigenvalue weighted by atomic mass is 16.5. The molecule has 7 nitrogen and oxygen atoms in total. The number of carbonyl (C=O) groups is 2. The Balaban J connectivity index is 1.70. The van der Waals surface area contributed by atoms with E-state index >= 15 is 0 Å². The van der Waals surface area contributed by atoms with Gasteiger partial charge < -0.3 is 20.1 Å². The van der Waals surface area contributed by atoms with Crippen molar-refractivity contribution in [1.29, 1.82) is 0 Å². The molecule has 0 atom stereocenters. The van der Waals surface area contributed by atoms with Gasteiger partial charge in [0.1, 0.15) is 18.1 Å². The number of rotatable bonds is 10. The number of hydrogen-bond acceptors (Lipinski definition) is 5. The van der Waals surface area contributed by atoms with E-state index in [4.69, 9.17) is 9.47 Å². The minimum absolute atomic E-state index is 0.108. The molecule has 0 radical (unpaired) electrons. The van der Waals surface area contributed by atoms with Gasteiger partial charge in [0.2, 0.25) is 11.8 Å². The maximum absolute atomic E-state index is 12.2. The standard InChI is InChI=1S/C23H31N3O4/c1-16-6-7-21(29-5)20(13-16)25-22(27)14-24-23(28)15-26(4)8-9-30-19-11-17(2)10-18(3)12-19/h6-7,10-13H,8-9,14-15H2,1-5H3,(H,24,28)(H,25,27). The van der Waals surface area contributed by atoms with Crippen molar-refractivity contribution in [3.8, 4) is 11.5 Å². The molecule has 0 aliphatic carbocycles. The Morgan fingerprint density at radius 1 is 0.967 bits per heavy atom. The summed E-state index contributed by atoms with van der Waals surface area (Å²) in [7, 11) is 3.38. The van der Waals surface area contributed by atoms with Crippen molar-refractivity contribution in [3.63, 3.8) is 0 Å². The van der Waals surface area contributed by atoms with Crippen LogP contribution in [0.25, 0.3) is 0 Å². The van der Waals surface area contributed by atoms with Gasteiger partial charge >= 0.3 is 0 Å². The molecule has 0 bridgehead atoms. The van der Waals surface area contributed by atoms with Crippen molar-refractivity contribution >= 4 is 17.5 Å². The van der Waals surface area contributed by atoms with Crippen molar-refractivity contribution in [2.45, 2.75) is 20.8 Å². The zero-order chi connectivity index (χ0) is 22.1. The Hall–Kier alpha value is -3.06. The molecule has 2 rings (SSSR count). The van der Waals surface area contributed by atoms with Crippen LogP contribution in [-0.2, 0) is 9.59 Å². The van der Waals surface area contributed by atoms with Gasteiger partial charge in [-0.15, -0.1) is 0 Å². The van der Waals surface area contributed by atoms with Crippen molar-refractivity contribution in [3.05, 3.63) is 53.1 Å². The van der Waals surface area contributed by atoms with Crippen molar-refractivity contribution in [2.24, 2.45) is 0 Å². The number of benzene rings is 2. The van der Waals surface area contributed by atoms with E-state index in [1.165, 1.54) is 0 Å². The summed E-state index contributed by atoms with van der Waals surface area (Å²) in [5.74, 6) is 0.862. The summed E-state index contributed by atoms with van der Waals surface area (Å²) in [5.41, 5.74) is 3.88. The summed E-state index contributed by atoms with van der Waals surface area (Å²) in [6.07, 6.45) is 0. The van der Waals surface area contributed by atoms with Crippen LogP contribution in [0.1, 0.15) is 16.7 Å². The molecule has 2 aromatic carbocycles. The summed E-state index contributed by atoms with van der Waals surface area (Å²) in [5, 5.41) is 5.39. The molecule has 0 aliphatic heterocycles. The van der Waals surface area contributed by atoms with Crippen molar-refractivity contribution < 1.29 is 19.1 Å². The van der Waals surface area contributed by atoms with Crippen LogP contribution in [0.4, 0.5) is 5.69 Å². The number of methoxy groups -OCH3 is 1. The van der Waals surface area contributed by atoms with Crippen LogP contribution in [0, 0.1) is 20.8 Å². The van der Waals surface area contributed by atoms with Crippen LogP contribution in [0.3, 0.4) is 0 Å². The number of hydrogen-bond donors (Lipinski definition) is 2. The first-order valence-corrected chi connectivity index (χ1v) is 9.87. The highest BCUT2D eigenvalue weighted by molar-refractivity contribution is 5.96. The molecular weight excluding hydrogens is 382 g/mol. The van der Waals surface area contributed by atoms with Crippen LogP contribution in [-0.4, -0.2) is 57.1 Å². The molecule has 0 aromatic heterocycles. The van der Waals surface area contributed by atoms with E-state index in [2.05, 4.69) is 16.7 Å². The number of anilines is 1. The molecule has 2 amide bonds. The maximum Gasteiger partial charge on any atom is 0.243 e. The summed E-state index contributed by atoms with van der Waals surface area (Å²) in [4.78, 5) is 26.1. The molecule has 162 valence electrons. The molecular formula is C23H31N3O4. The maximum atomic E-state index is 12.2. The molecule has 0 saturated heterocycles. The normalized spacial score (nSPS) is 10.6. The van der Waals surface area contributed by atoms with E-state index in [0.29, 0.717) is 24.6 Å². The fraction of sp³-hybridized carbons (Fsp3) is 0.391. The molecule has 2 aromatic rings. The van der Waals surface area contributed by atoms with Gasteiger partial charge in [0, 0.05) is 6.54 Å². The average Bonchev–Trinajstić information content (AvgIpc) is 2.66. The fourth-order valence-electron chi connectivity index (χ4n) is 3.01. The van der Waals surface area contributed by atoms with Gasteiger partial charge in [0.05, 0.1) is 25.9 Å². The van der Waals surface area contributed by atoms with Gasteiger partial charge in [-0.3, -0.25) is 14.5 Å². The molecule has 0 saturated carbocycles. The Bertz CT molecular complexity index is 862. The third-order valence-electron chi connectivity index (χ3n) is 4.43. The number of ether oxygens (including phenoxy) is 2. The number of nitrogens with zero attached hydrogens (tertiary/aromatic N) is 1. The number of nitrogens with one attached hydrogen (secondary N) is 2. The van der Waals surface area contributed by atoms with E-state index in [0.717, 1.165) is 22.4 Å². The first-order valence-electron chi connectivity index (χ1n) is 9.87. The second-order valence-corrected chi connectivity index (χ2v) is 7.44.